The molecule has 1 N–H and O–H groups in total. The molecule has 0 bridgehead atoms. The van der Waals surface area contributed by atoms with Crippen molar-refractivity contribution in [3.8, 4) is 0 Å². The van der Waals surface area contributed by atoms with Gasteiger partial charge in [-0.3, -0.25) is 14.1 Å². The van der Waals surface area contributed by atoms with Crippen molar-refractivity contribution in [1.29, 1.82) is 0 Å². The molecule has 1 unspecified atom stereocenters. The molecule has 1 aliphatic rings. The summed E-state index contributed by atoms with van der Waals surface area (Å²) in [5, 5.41) is 3.46. The van der Waals surface area contributed by atoms with E-state index >= 15 is 0 Å². The van der Waals surface area contributed by atoms with Crippen LogP contribution in [-0.4, -0.2) is 57.4 Å². The molecule has 0 saturated carbocycles. The molecular formula is C28H31ClN4O3S. The van der Waals surface area contributed by atoms with Crippen LogP contribution in [0.4, 0.5) is 17.1 Å². The van der Waals surface area contributed by atoms with Crippen molar-refractivity contribution in [2.75, 3.05) is 42.1 Å². The number of halogens is 1. The third kappa shape index (κ3) is 6.21. The summed E-state index contributed by atoms with van der Waals surface area (Å²) in [4.78, 5) is 20.1. The lowest BCUT2D eigenvalue weighted by Gasteiger charge is -2.26. The van der Waals surface area contributed by atoms with Crippen molar-refractivity contribution in [3.05, 3.63) is 88.9 Å². The third-order valence-electron chi connectivity index (χ3n) is 6.49. The van der Waals surface area contributed by atoms with Crippen LogP contribution in [0.25, 0.3) is 0 Å². The molecule has 1 heterocycles. The van der Waals surface area contributed by atoms with Crippen molar-refractivity contribution >= 4 is 50.3 Å². The minimum Gasteiger partial charge on any atom is -0.325 e. The lowest BCUT2D eigenvalue weighted by atomic mass is 9.90. The van der Waals surface area contributed by atoms with Gasteiger partial charge in [0.15, 0.2) is 0 Å². The van der Waals surface area contributed by atoms with Crippen molar-refractivity contribution < 1.29 is 13.2 Å². The number of aliphatic imine (C=N–C) groups is 1. The molecule has 1 aliphatic heterocycles. The standard InChI is InChI=1S/C28H31ClN4O3S/c1-4-32(5-2)17-18-33(37(3,35)36)23-14-12-22(13-15-23)30-27(20-9-7-6-8-10-20)26-24-16-11-21(29)19-25(24)31-28(26)34/h6-16,19,26H,4-5,17-18H2,1-3H3,(H,31,34). The maximum Gasteiger partial charge on any atom is 0.238 e. The Morgan fingerprint density at radius 1 is 0.973 bits per heavy atom. The lowest BCUT2D eigenvalue weighted by Crippen LogP contribution is -2.38. The normalized spacial score (nSPS) is 15.5. The van der Waals surface area contributed by atoms with Crippen LogP contribution < -0.4 is 9.62 Å². The first kappa shape index (κ1) is 26.9. The fourth-order valence-corrected chi connectivity index (χ4v) is 5.59. The monoisotopic (exact) mass is 538 g/mol. The smallest absolute Gasteiger partial charge is 0.238 e. The van der Waals surface area contributed by atoms with E-state index in [0.717, 1.165) is 24.2 Å². The van der Waals surface area contributed by atoms with Crippen molar-refractivity contribution in [3.63, 3.8) is 0 Å². The van der Waals surface area contributed by atoms with Gasteiger partial charge < -0.3 is 10.2 Å². The van der Waals surface area contributed by atoms with Gasteiger partial charge >= 0.3 is 0 Å². The van der Waals surface area contributed by atoms with E-state index < -0.39 is 15.9 Å². The average Bonchev–Trinajstić information content (AvgIpc) is 3.20. The molecular weight excluding hydrogens is 508 g/mol. The van der Waals surface area contributed by atoms with E-state index in [2.05, 4.69) is 24.1 Å². The van der Waals surface area contributed by atoms with Gasteiger partial charge in [-0.1, -0.05) is 61.8 Å². The summed E-state index contributed by atoms with van der Waals surface area (Å²) in [6.07, 6.45) is 1.22. The second kappa shape index (κ2) is 11.5. The molecule has 1 atom stereocenters. The molecule has 1 amide bonds. The van der Waals surface area contributed by atoms with Gasteiger partial charge in [-0.2, -0.15) is 0 Å². The highest BCUT2D eigenvalue weighted by Crippen LogP contribution is 2.38. The van der Waals surface area contributed by atoms with Crippen LogP contribution in [0.1, 0.15) is 30.9 Å². The minimum absolute atomic E-state index is 0.170. The van der Waals surface area contributed by atoms with Gasteiger partial charge in [0.2, 0.25) is 15.9 Å². The van der Waals surface area contributed by atoms with Crippen LogP contribution >= 0.6 is 11.6 Å². The number of likely N-dealkylation sites (N-methyl/N-ethyl adjacent to an activating group) is 1. The molecule has 4 rings (SSSR count). The highest BCUT2D eigenvalue weighted by Gasteiger charge is 2.35. The van der Waals surface area contributed by atoms with E-state index in [1.807, 2.05) is 36.4 Å². The highest BCUT2D eigenvalue weighted by molar-refractivity contribution is 7.92. The van der Waals surface area contributed by atoms with E-state index in [0.29, 0.717) is 40.9 Å². The fraction of sp³-hybridized carbons (Fsp3) is 0.286. The van der Waals surface area contributed by atoms with Crippen LogP contribution in [0.15, 0.2) is 77.8 Å². The predicted octanol–water partition coefficient (Wildman–Crippen LogP) is 5.30. The first-order valence-corrected chi connectivity index (χ1v) is 14.5. The summed E-state index contributed by atoms with van der Waals surface area (Å²) in [6.45, 7) is 6.83. The Labute approximate surface area is 223 Å². The van der Waals surface area contributed by atoms with E-state index in [4.69, 9.17) is 16.6 Å². The van der Waals surface area contributed by atoms with E-state index in [-0.39, 0.29) is 5.91 Å². The second-order valence-electron chi connectivity index (χ2n) is 8.90. The molecule has 0 radical (unpaired) electrons. The van der Waals surface area contributed by atoms with E-state index in [1.54, 1.807) is 36.4 Å². The van der Waals surface area contributed by atoms with Crippen LogP contribution in [0.2, 0.25) is 5.02 Å². The van der Waals surface area contributed by atoms with Crippen molar-refractivity contribution in [2.45, 2.75) is 19.8 Å². The topological polar surface area (TPSA) is 82.1 Å². The Hall–Kier alpha value is -3.20. The van der Waals surface area contributed by atoms with Gasteiger partial charge in [-0.25, -0.2) is 8.42 Å². The summed E-state index contributed by atoms with van der Waals surface area (Å²) in [5.41, 5.74) is 4.12. The van der Waals surface area contributed by atoms with Gasteiger partial charge in [-0.05, 0) is 60.6 Å². The zero-order chi connectivity index (χ0) is 26.6. The van der Waals surface area contributed by atoms with Gasteiger partial charge in [0, 0.05) is 23.8 Å². The predicted molar refractivity (Wildman–Crippen MR) is 152 cm³/mol. The number of carbonyl (C=O) groups is 1. The third-order valence-corrected chi connectivity index (χ3v) is 7.92. The summed E-state index contributed by atoms with van der Waals surface area (Å²) in [7, 11) is -3.46. The number of sulfonamides is 1. The zero-order valence-electron chi connectivity index (χ0n) is 21.2. The van der Waals surface area contributed by atoms with Gasteiger partial charge in [-0.15, -0.1) is 0 Å². The van der Waals surface area contributed by atoms with E-state index in [9.17, 15) is 13.2 Å². The number of hydrogen-bond acceptors (Lipinski definition) is 5. The van der Waals surface area contributed by atoms with Crippen LogP contribution in [0, 0.1) is 0 Å². The zero-order valence-corrected chi connectivity index (χ0v) is 22.8. The molecule has 194 valence electrons. The Morgan fingerprint density at radius 2 is 1.65 bits per heavy atom. The lowest BCUT2D eigenvalue weighted by molar-refractivity contribution is -0.115. The first-order chi connectivity index (χ1) is 17.7. The van der Waals surface area contributed by atoms with E-state index in [1.165, 1.54) is 10.6 Å². The molecule has 37 heavy (non-hydrogen) atoms. The van der Waals surface area contributed by atoms with Crippen LogP contribution in [0.5, 0.6) is 0 Å². The number of carbonyl (C=O) groups excluding carboxylic acids is 1. The van der Waals surface area contributed by atoms with Gasteiger partial charge in [0.05, 0.1) is 23.3 Å². The molecule has 0 aromatic heterocycles. The SMILES string of the molecule is CCN(CC)CCN(c1ccc(N=C(c2ccccc2)C2C(=O)Nc3cc(Cl)ccc32)cc1)S(C)(=O)=O. The summed E-state index contributed by atoms with van der Waals surface area (Å²) in [5.74, 6) is -0.771. The summed E-state index contributed by atoms with van der Waals surface area (Å²) >= 11 is 6.14. The number of nitrogens with one attached hydrogen (secondary N) is 1. The Kier molecular flexibility index (Phi) is 8.32. The number of fused-ring (bicyclic) bond motifs is 1. The van der Waals surface area contributed by atoms with Crippen LogP contribution in [-0.2, 0) is 14.8 Å². The van der Waals surface area contributed by atoms with Crippen LogP contribution in [0.3, 0.4) is 0 Å². The molecule has 3 aromatic rings. The second-order valence-corrected chi connectivity index (χ2v) is 11.2. The quantitative estimate of drug-likeness (QED) is 0.355. The number of amides is 1. The molecule has 9 heteroatoms. The molecule has 7 nitrogen and oxygen atoms in total. The minimum atomic E-state index is -3.46. The van der Waals surface area contributed by atoms with Gasteiger partial charge in [0.1, 0.15) is 5.92 Å². The molecule has 0 aliphatic carbocycles. The number of nitrogens with zero attached hydrogens (tertiary/aromatic N) is 3. The number of anilines is 2. The first-order valence-electron chi connectivity index (χ1n) is 12.3. The number of hydrogen-bond donors (Lipinski definition) is 1. The average molecular weight is 539 g/mol. The maximum absolute atomic E-state index is 13.1. The Morgan fingerprint density at radius 3 is 2.27 bits per heavy atom. The highest BCUT2D eigenvalue weighted by atomic mass is 35.5. The Balaban J connectivity index is 1.70. The molecule has 0 saturated heterocycles. The number of rotatable bonds is 10. The van der Waals surface area contributed by atoms with Crippen molar-refractivity contribution in [2.24, 2.45) is 4.99 Å². The molecule has 0 fully saturated rings. The molecule has 3 aromatic carbocycles. The summed E-state index contributed by atoms with van der Waals surface area (Å²) < 4.78 is 26.5. The largest absolute Gasteiger partial charge is 0.325 e. The number of benzene rings is 3. The van der Waals surface area contributed by atoms with Gasteiger partial charge in [0.25, 0.3) is 0 Å². The molecule has 0 spiro atoms. The Bertz CT molecular complexity index is 1390. The van der Waals surface area contributed by atoms with Crippen molar-refractivity contribution in [1.82, 2.24) is 4.90 Å². The summed E-state index contributed by atoms with van der Waals surface area (Å²) in [6, 6.07) is 22.0. The maximum atomic E-state index is 13.1. The fourth-order valence-electron chi connectivity index (χ4n) is 4.50.